The molecule has 4 nitrogen and oxygen atoms in total. The zero-order valence-electron chi connectivity index (χ0n) is 11.4. The molecule has 21 heavy (non-hydrogen) atoms. The van der Waals surface area contributed by atoms with E-state index in [1.807, 2.05) is 13.0 Å². The summed E-state index contributed by atoms with van der Waals surface area (Å²) in [5, 5.41) is 7.32. The summed E-state index contributed by atoms with van der Waals surface area (Å²) in [6.45, 7) is 2.00. The van der Waals surface area contributed by atoms with Gasteiger partial charge in [0, 0.05) is 11.9 Å². The van der Waals surface area contributed by atoms with Crippen LogP contribution >= 0.6 is 22.9 Å². The van der Waals surface area contributed by atoms with E-state index in [9.17, 15) is 4.39 Å². The Labute approximate surface area is 130 Å². The van der Waals surface area contributed by atoms with Gasteiger partial charge in [0.2, 0.25) is 5.95 Å². The molecule has 0 spiro atoms. The predicted molar refractivity (Wildman–Crippen MR) is 86.4 cm³/mol. The topological polar surface area (TPSA) is 49.8 Å². The fourth-order valence-electron chi connectivity index (χ4n) is 1.97. The SMILES string of the molecule is CNc1nc(Nc2cc(F)ccc2Cl)c2cc(C)sc2n1. The van der Waals surface area contributed by atoms with E-state index in [-0.39, 0.29) is 5.82 Å². The Morgan fingerprint density at radius 2 is 2.05 bits per heavy atom. The van der Waals surface area contributed by atoms with Crippen LogP contribution in [0.5, 0.6) is 0 Å². The Kier molecular flexibility index (Phi) is 3.65. The molecule has 0 fully saturated rings. The summed E-state index contributed by atoms with van der Waals surface area (Å²) in [5.74, 6) is 0.739. The monoisotopic (exact) mass is 322 g/mol. The number of aryl methyl sites for hydroxylation is 1. The molecule has 2 aromatic heterocycles. The van der Waals surface area contributed by atoms with Gasteiger partial charge in [-0.3, -0.25) is 0 Å². The summed E-state index contributed by atoms with van der Waals surface area (Å²) in [6, 6.07) is 6.16. The average molecular weight is 323 g/mol. The zero-order valence-corrected chi connectivity index (χ0v) is 12.9. The van der Waals surface area contributed by atoms with Crippen molar-refractivity contribution < 1.29 is 4.39 Å². The predicted octanol–water partition coefficient (Wildman–Crippen LogP) is 4.58. The van der Waals surface area contributed by atoms with Crippen LogP contribution in [0.4, 0.5) is 21.8 Å². The lowest BCUT2D eigenvalue weighted by Gasteiger charge is -2.10. The van der Waals surface area contributed by atoms with Gasteiger partial charge in [-0.1, -0.05) is 11.6 Å². The summed E-state index contributed by atoms with van der Waals surface area (Å²) >= 11 is 7.67. The van der Waals surface area contributed by atoms with Crippen molar-refractivity contribution in [3.05, 3.63) is 40.0 Å². The summed E-state index contributed by atoms with van der Waals surface area (Å²) in [4.78, 5) is 10.8. The maximum absolute atomic E-state index is 13.4. The molecule has 0 saturated carbocycles. The first-order valence-electron chi connectivity index (χ1n) is 6.25. The highest BCUT2D eigenvalue weighted by Crippen LogP contribution is 2.33. The van der Waals surface area contributed by atoms with E-state index in [2.05, 4.69) is 20.6 Å². The molecule has 0 amide bonds. The fourth-order valence-corrected chi connectivity index (χ4v) is 3.01. The van der Waals surface area contributed by atoms with E-state index in [1.165, 1.54) is 18.2 Å². The molecule has 2 heterocycles. The number of nitrogens with one attached hydrogen (secondary N) is 2. The first-order valence-corrected chi connectivity index (χ1v) is 7.44. The van der Waals surface area contributed by atoms with Crippen molar-refractivity contribution in [2.75, 3.05) is 17.7 Å². The van der Waals surface area contributed by atoms with Gasteiger partial charge in [0.1, 0.15) is 16.5 Å². The van der Waals surface area contributed by atoms with E-state index < -0.39 is 0 Å². The quantitative estimate of drug-likeness (QED) is 0.741. The van der Waals surface area contributed by atoms with Crippen molar-refractivity contribution in [1.29, 1.82) is 0 Å². The van der Waals surface area contributed by atoms with Crippen LogP contribution < -0.4 is 10.6 Å². The van der Waals surface area contributed by atoms with Crippen LogP contribution in [0.2, 0.25) is 5.02 Å². The van der Waals surface area contributed by atoms with Crippen LogP contribution in [0.25, 0.3) is 10.2 Å². The van der Waals surface area contributed by atoms with Gasteiger partial charge < -0.3 is 10.6 Å². The molecule has 0 aliphatic heterocycles. The lowest BCUT2D eigenvalue weighted by Crippen LogP contribution is -2.01. The van der Waals surface area contributed by atoms with Crippen LogP contribution in [-0.4, -0.2) is 17.0 Å². The van der Waals surface area contributed by atoms with Gasteiger partial charge in [0.05, 0.1) is 16.1 Å². The van der Waals surface area contributed by atoms with Crippen LogP contribution in [0, 0.1) is 12.7 Å². The van der Waals surface area contributed by atoms with Gasteiger partial charge in [0.15, 0.2) is 0 Å². The Morgan fingerprint density at radius 3 is 2.81 bits per heavy atom. The Morgan fingerprint density at radius 1 is 1.24 bits per heavy atom. The number of halogens is 2. The minimum absolute atomic E-state index is 0.359. The lowest BCUT2D eigenvalue weighted by atomic mass is 10.3. The Balaban J connectivity index is 2.12. The van der Waals surface area contributed by atoms with E-state index in [0.29, 0.717) is 22.5 Å². The molecule has 7 heteroatoms. The molecule has 0 unspecified atom stereocenters. The van der Waals surface area contributed by atoms with Crippen molar-refractivity contribution in [3.63, 3.8) is 0 Å². The minimum atomic E-state index is -0.359. The van der Waals surface area contributed by atoms with Gasteiger partial charge in [-0.05, 0) is 31.2 Å². The number of rotatable bonds is 3. The fraction of sp³-hybridized carbons (Fsp3) is 0.143. The Bertz CT molecular complexity index is 818. The minimum Gasteiger partial charge on any atom is -0.357 e. The summed E-state index contributed by atoms with van der Waals surface area (Å²) in [7, 11) is 1.75. The number of hydrogen-bond acceptors (Lipinski definition) is 5. The number of thiophene rings is 1. The van der Waals surface area contributed by atoms with Crippen molar-refractivity contribution in [1.82, 2.24) is 9.97 Å². The van der Waals surface area contributed by atoms with E-state index in [4.69, 9.17) is 11.6 Å². The van der Waals surface area contributed by atoms with Crippen LogP contribution in [0.3, 0.4) is 0 Å². The molecule has 0 bridgehead atoms. The van der Waals surface area contributed by atoms with E-state index >= 15 is 0 Å². The highest BCUT2D eigenvalue weighted by atomic mass is 35.5. The molecule has 0 saturated heterocycles. The van der Waals surface area contributed by atoms with Crippen molar-refractivity contribution in [2.24, 2.45) is 0 Å². The highest BCUT2D eigenvalue weighted by Gasteiger charge is 2.12. The van der Waals surface area contributed by atoms with Crippen molar-refractivity contribution in [2.45, 2.75) is 6.92 Å². The number of anilines is 3. The molecular formula is C14H12ClFN4S. The van der Waals surface area contributed by atoms with Gasteiger partial charge in [-0.2, -0.15) is 4.98 Å². The maximum Gasteiger partial charge on any atom is 0.225 e. The number of hydrogen-bond donors (Lipinski definition) is 2. The van der Waals surface area contributed by atoms with E-state index in [0.717, 1.165) is 15.1 Å². The van der Waals surface area contributed by atoms with Gasteiger partial charge in [0.25, 0.3) is 0 Å². The van der Waals surface area contributed by atoms with Crippen molar-refractivity contribution >= 4 is 50.6 Å². The van der Waals surface area contributed by atoms with Crippen LogP contribution in [0.1, 0.15) is 4.88 Å². The standard InChI is InChI=1S/C14H12ClFN4S/c1-7-5-9-12(19-14(17-2)20-13(9)21-7)18-11-6-8(16)3-4-10(11)15/h3-6H,1-2H3,(H2,17,18,19,20). The van der Waals surface area contributed by atoms with Gasteiger partial charge in [-0.15, -0.1) is 11.3 Å². The first-order chi connectivity index (χ1) is 10.1. The molecule has 0 radical (unpaired) electrons. The van der Waals surface area contributed by atoms with Gasteiger partial charge >= 0.3 is 0 Å². The summed E-state index contributed by atoms with van der Waals surface area (Å²) in [6.07, 6.45) is 0. The van der Waals surface area contributed by atoms with Crippen molar-refractivity contribution in [3.8, 4) is 0 Å². The molecule has 108 valence electrons. The third kappa shape index (κ3) is 2.77. The number of nitrogens with zero attached hydrogens (tertiary/aromatic N) is 2. The smallest absolute Gasteiger partial charge is 0.225 e. The molecule has 0 atom stereocenters. The molecule has 2 N–H and O–H groups in total. The molecule has 0 aliphatic carbocycles. The summed E-state index contributed by atoms with van der Waals surface area (Å²) < 4.78 is 13.4. The number of fused-ring (bicyclic) bond motifs is 1. The molecular weight excluding hydrogens is 311 g/mol. The average Bonchev–Trinajstić information content (AvgIpc) is 2.83. The van der Waals surface area contributed by atoms with Crippen LogP contribution in [-0.2, 0) is 0 Å². The molecule has 3 aromatic rings. The normalized spacial score (nSPS) is 10.9. The van der Waals surface area contributed by atoms with E-state index in [1.54, 1.807) is 18.4 Å². The Hall–Kier alpha value is -1.92. The second kappa shape index (κ2) is 5.46. The number of aromatic nitrogens is 2. The largest absolute Gasteiger partial charge is 0.357 e. The third-order valence-corrected chi connectivity index (χ3v) is 4.19. The molecule has 0 aliphatic rings. The highest BCUT2D eigenvalue weighted by molar-refractivity contribution is 7.18. The zero-order chi connectivity index (χ0) is 15.0. The second-order valence-electron chi connectivity index (χ2n) is 4.47. The maximum atomic E-state index is 13.4. The first kappa shape index (κ1) is 14.0. The number of benzene rings is 1. The lowest BCUT2D eigenvalue weighted by molar-refractivity contribution is 0.628. The van der Waals surface area contributed by atoms with Crippen LogP contribution in [0.15, 0.2) is 24.3 Å². The third-order valence-electron chi connectivity index (χ3n) is 2.92. The summed E-state index contributed by atoms with van der Waals surface area (Å²) in [5.41, 5.74) is 0.475. The molecule has 1 aromatic carbocycles. The molecule has 3 rings (SSSR count). The second-order valence-corrected chi connectivity index (χ2v) is 6.11. The van der Waals surface area contributed by atoms with Gasteiger partial charge in [-0.25, -0.2) is 9.37 Å².